The van der Waals surface area contributed by atoms with Crippen molar-refractivity contribution < 1.29 is 19.1 Å². The first kappa shape index (κ1) is 18.4. The molecule has 0 saturated carbocycles. The second kappa shape index (κ2) is 8.70. The number of carboxylic acid groups (broad SMARTS) is 1. The molecular weight excluding hydrogens is 311 g/mol. The number of nitrogens with one attached hydrogen (secondary N) is 1. The number of hydrogen-bond donors (Lipinski definition) is 2. The van der Waals surface area contributed by atoms with E-state index < -0.39 is 17.8 Å². The number of carboxylic acids is 1. The molecule has 0 saturated heterocycles. The molecule has 0 bridgehead atoms. The van der Waals surface area contributed by atoms with Crippen LogP contribution in [0.1, 0.15) is 19.4 Å². The quantitative estimate of drug-likeness (QED) is 0.764. The largest absolute Gasteiger partial charge is 0.480 e. The van der Waals surface area contributed by atoms with Gasteiger partial charge in [-0.3, -0.25) is 14.5 Å². The standard InChI is InChI=1S/C15H20ClFN2O3/c1-10(15(21)22)19(9-7-18-11(2)20)8-6-12-13(16)4-3-5-14(12)17/h3-5,10H,6-9H2,1-2H3,(H,18,20)(H,21,22). The SMILES string of the molecule is CC(=O)NCCN(CCc1c(F)cccc1Cl)C(C)C(=O)O. The molecule has 22 heavy (non-hydrogen) atoms. The molecule has 2 N–H and O–H groups in total. The molecule has 1 atom stereocenters. The summed E-state index contributed by atoms with van der Waals surface area (Å²) in [4.78, 5) is 23.7. The lowest BCUT2D eigenvalue weighted by Crippen LogP contribution is -2.44. The Morgan fingerprint density at radius 2 is 2.09 bits per heavy atom. The van der Waals surface area contributed by atoms with Crippen molar-refractivity contribution in [2.24, 2.45) is 0 Å². The van der Waals surface area contributed by atoms with E-state index in [1.54, 1.807) is 17.9 Å². The zero-order valence-corrected chi connectivity index (χ0v) is 13.4. The van der Waals surface area contributed by atoms with Gasteiger partial charge in [0, 0.05) is 37.1 Å². The van der Waals surface area contributed by atoms with E-state index in [2.05, 4.69) is 5.32 Å². The maximum absolute atomic E-state index is 13.7. The highest BCUT2D eigenvalue weighted by Gasteiger charge is 2.21. The van der Waals surface area contributed by atoms with Crippen molar-refractivity contribution in [1.29, 1.82) is 0 Å². The number of hydrogen-bond acceptors (Lipinski definition) is 3. The second-order valence-corrected chi connectivity index (χ2v) is 5.39. The molecule has 0 aliphatic heterocycles. The smallest absolute Gasteiger partial charge is 0.320 e. The second-order valence-electron chi connectivity index (χ2n) is 4.98. The van der Waals surface area contributed by atoms with Gasteiger partial charge in [0.15, 0.2) is 0 Å². The number of nitrogens with zero attached hydrogens (tertiary/aromatic N) is 1. The molecule has 0 aliphatic carbocycles. The highest BCUT2D eigenvalue weighted by molar-refractivity contribution is 6.31. The van der Waals surface area contributed by atoms with Gasteiger partial charge in [0.1, 0.15) is 11.9 Å². The van der Waals surface area contributed by atoms with Gasteiger partial charge in [0.2, 0.25) is 5.91 Å². The number of benzene rings is 1. The maximum atomic E-state index is 13.7. The Morgan fingerprint density at radius 3 is 2.64 bits per heavy atom. The lowest BCUT2D eigenvalue weighted by Gasteiger charge is -2.26. The summed E-state index contributed by atoms with van der Waals surface area (Å²) < 4.78 is 13.7. The number of aliphatic carboxylic acids is 1. The Balaban J connectivity index is 2.71. The summed E-state index contributed by atoms with van der Waals surface area (Å²) in [6.07, 6.45) is 0.295. The zero-order valence-electron chi connectivity index (χ0n) is 12.6. The average molecular weight is 331 g/mol. The molecule has 0 aromatic heterocycles. The molecule has 1 rings (SSSR count). The number of rotatable bonds is 8. The lowest BCUT2D eigenvalue weighted by molar-refractivity contribution is -0.142. The molecular formula is C15H20ClFN2O3. The van der Waals surface area contributed by atoms with E-state index >= 15 is 0 Å². The molecule has 0 radical (unpaired) electrons. The summed E-state index contributed by atoms with van der Waals surface area (Å²) in [6.45, 7) is 3.97. The molecule has 7 heteroatoms. The third kappa shape index (κ3) is 5.61. The Kier molecular flexibility index (Phi) is 7.27. The van der Waals surface area contributed by atoms with Gasteiger partial charge in [0.25, 0.3) is 0 Å². The third-order valence-corrected chi connectivity index (χ3v) is 3.74. The van der Waals surface area contributed by atoms with Crippen LogP contribution >= 0.6 is 11.6 Å². The molecule has 0 spiro atoms. The van der Waals surface area contributed by atoms with E-state index in [1.807, 2.05) is 0 Å². The average Bonchev–Trinajstić information content (AvgIpc) is 2.43. The van der Waals surface area contributed by atoms with Gasteiger partial charge in [-0.25, -0.2) is 4.39 Å². The maximum Gasteiger partial charge on any atom is 0.320 e. The molecule has 1 aromatic carbocycles. The first-order valence-electron chi connectivity index (χ1n) is 6.97. The van der Waals surface area contributed by atoms with E-state index in [1.165, 1.54) is 19.1 Å². The van der Waals surface area contributed by atoms with Crippen LogP contribution in [0.25, 0.3) is 0 Å². The van der Waals surface area contributed by atoms with Crippen molar-refractivity contribution >= 4 is 23.5 Å². The molecule has 1 unspecified atom stereocenters. The normalized spacial score (nSPS) is 12.2. The fourth-order valence-corrected chi connectivity index (χ4v) is 2.31. The Labute approximate surface area is 134 Å². The summed E-state index contributed by atoms with van der Waals surface area (Å²) in [5.41, 5.74) is 0.367. The van der Waals surface area contributed by atoms with E-state index in [0.717, 1.165) is 0 Å². The van der Waals surface area contributed by atoms with Gasteiger partial charge in [-0.2, -0.15) is 0 Å². The minimum absolute atomic E-state index is 0.180. The van der Waals surface area contributed by atoms with Gasteiger partial charge >= 0.3 is 5.97 Å². The summed E-state index contributed by atoms with van der Waals surface area (Å²) >= 11 is 5.97. The molecule has 122 valence electrons. The van der Waals surface area contributed by atoms with Crippen LogP contribution in [0.5, 0.6) is 0 Å². The van der Waals surface area contributed by atoms with Crippen LogP contribution in [-0.4, -0.2) is 47.6 Å². The van der Waals surface area contributed by atoms with Crippen LogP contribution < -0.4 is 5.32 Å². The van der Waals surface area contributed by atoms with Gasteiger partial charge < -0.3 is 10.4 Å². The molecule has 0 fully saturated rings. The topological polar surface area (TPSA) is 69.6 Å². The minimum Gasteiger partial charge on any atom is -0.480 e. The van der Waals surface area contributed by atoms with Crippen LogP contribution in [0.3, 0.4) is 0 Å². The number of halogens is 2. The van der Waals surface area contributed by atoms with Crippen molar-refractivity contribution in [3.63, 3.8) is 0 Å². The van der Waals surface area contributed by atoms with E-state index in [9.17, 15) is 14.0 Å². The van der Waals surface area contributed by atoms with Crippen LogP contribution in [0, 0.1) is 5.82 Å². The van der Waals surface area contributed by atoms with Crippen molar-refractivity contribution in [1.82, 2.24) is 10.2 Å². The van der Waals surface area contributed by atoms with Crippen molar-refractivity contribution in [2.75, 3.05) is 19.6 Å². The van der Waals surface area contributed by atoms with Crippen LogP contribution in [0.2, 0.25) is 5.02 Å². The fourth-order valence-electron chi connectivity index (χ4n) is 2.06. The summed E-state index contributed by atoms with van der Waals surface area (Å²) in [5.74, 6) is -1.56. The lowest BCUT2D eigenvalue weighted by atomic mass is 10.1. The minimum atomic E-state index is -0.970. The Bertz CT molecular complexity index is 519. The van der Waals surface area contributed by atoms with Gasteiger partial charge in [0.05, 0.1) is 0 Å². The highest BCUT2D eigenvalue weighted by Crippen LogP contribution is 2.20. The van der Waals surface area contributed by atoms with Crippen LogP contribution in [-0.2, 0) is 16.0 Å². The molecule has 0 aliphatic rings. The number of amides is 1. The predicted molar refractivity (Wildman–Crippen MR) is 82.5 cm³/mol. The van der Waals surface area contributed by atoms with Crippen molar-refractivity contribution in [2.45, 2.75) is 26.3 Å². The summed E-state index contributed by atoms with van der Waals surface area (Å²) in [6, 6.07) is 3.71. The van der Waals surface area contributed by atoms with Gasteiger partial charge in [-0.05, 0) is 25.5 Å². The van der Waals surface area contributed by atoms with Gasteiger partial charge in [-0.1, -0.05) is 17.7 Å². The summed E-state index contributed by atoms with van der Waals surface area (Å²) in [5, 5.41) is 12.1. The highest BCUT2D eigenvalue weighted by atomic mass is 35.5. The van der Waals surface area contributed by atoms with Crippen LogP contribution in [0.15, 0.2) is 18.2 Å². The predicted octanol–water partition coefficient (Wildman–Crippen LogP) is 1.93. The molecule has 0 heterocycles. The molecule has 5 nitrogen and oxygen atoms in total. The fraction of sp³-hybridized carbons (Fsp3) is 0.467. The van der Waals surface area contributed by atoms with Crippen molar-refractivity contribution in [3.8, 4) is 0 Å². The monoisotopic (exact) mass is 330 g/mol. The zero-order chi connectivity index (χ0) is 16.7. The molecule has 1 amide bonds. The van der Waals surface area contributed by atoms with E-state index in [0.29, 0.717) is 36.6 Å². The first-order chi connectivity index (χ1) is 10.3. The third-order valence-electron chi connectivity index (χ3n) is 3.39. The number of carbonyl (C=O) groups is 2. The number of carbonyl (C=O) groups excluding carboxylic acids is 1. The van der Waals surface area contributed by atoms with E-state index in [-0.39, 0.29) is 5.91 Å². The first-order valence-corrected chi connectivity index (χ1v) is 7.35. The summed E-state index contributed by atoms with van der Waals surface area (Å²) in [7, 11) is 0. The Morgan fingerprint density at radius 1 is 1.41 bits per heavy atom. The van der Waals surface area contributed by atoms with E-state index in [4.69, 9.17) is 16.7 Å². The Hall–Kier alpha value is -1.66. The van der Waals surface area contributed by atoms with Crippen molar-refractivity contribution in [3.05, 3.63) is 34.6 Å². The molecule has 1 aromatic rings. The van der Waals surface area contributed by atoms with Gasteiger partial charge in [-0.15, -0.1) is 0 Å². The van der Waals surface area contributed by atoms with Crippen LogP contribution in [0.4, 0.5) is 4.39 Å².